The topological polar surface area (TPSA) is 26.0 Å². The lowest BCUT2D eigenvalue weighted by molar-refractivity contribution is 0.547. The fourth-order valence-electron chi connectivity index (χ4n) is 1.31. The van der Waals surface area contributed by atoms with Crippen molar-refractivity contribution in [1.82, 2.24) is 0 Å². The van der Waals surface area contributed by atoms with Crippen LogP contribution in [0, 0.1) is 0 Å². The molecule has 1 aliphatic rings. The molecule has 0 atom stereocenters. The smallest absolute Gasteiger partial charge is 0.0269 e. The first-order valence-corrected chi connectivity index (χ1v) is 4.71. The van der Waals surface area contributed by atoms with Crippen molar-refractivity contribution in [3.8, 4) is 0 Å². The van der Waals surface area contributed by atoms with Crippen molar-refractivity contribution in [2.45, 2.75) is 18.9 Å². The third-order valence-electron chi connectivity index (χ3n) is 1.94. The molecule has 2 N–H and O–H groups in total. The summed E-state index contributed by atoms with van der Waals surface area (Å²) in [6.45, 7) is 0. The number of thiophene rings is 1. The van der Waals surface area contributed by atoms with Crippen LogP contribution in [-0.2, 0) is 0 Å². The van der Waals surface area contributed by atoms with Gasteiger partial charge in [0.05, 0.1) is 0 Å². The summed E-state index contributed by atoms with van der Waals surface area (Å²) in [6, 6.07) is 4.65. The number of hydrogen-bond acceptors (Lipinski definition) is 2. The van der Waals surface area contributed by atoms with Gasteiger partial charge in [-0.2, -0.15) is 0 Å². The third-order valence-corrected chi connectivity index (χ3v) is 2.76. The molecule has 1 saturated carbocycles. The monoisotopic (exact) mass is 165 g/mol. The van der Waals surface area contributed by atoms with Crippen LogP contribution in [0.4, 0.5) is 0 Å². The summed E-state index contributed by atoms with van der Waals surface area (Å²) >= 11 is 1.78. The molecule has 0 amide bonds. The summed E-state index contributed by atoms with van der Waals surface area (Å²) in [4.78, 5) is 1.35. The van der Waals surface area contributed by atoms with E-state index in [-0.39, 0.29) is 0 Å². The lowest BCUT2D eigenvalue weighted by Gasteiger charge is -2.24. The molecule has 1 aromatic heterocycles. The van der Waals surface area contributed by atoms with E-state index in [4.69, 9.17) is 5.73 Å². The minimum Gasteiger partial charge on any atom is -0.327 e. The van der Waals surface area contributed by atoms with Crippen molar-refractivity contribution in [1.29, 1.82) is 0 Å². The van der Waals surface area contributed by atoms with Gasteiger partial charge >= 0.3 is 0 Å². The molecule has 2 heteroatoms. The van der Waals surface area contributed by atoms with E-state index in [2.05, 4.69) is 23.6 Å². The van der Waals surface area contributed by atoms with E-state index in [0.29, 0.717) is 6.04 Å². The highest BCUT2D eigenvalue weighted by Gasteiger charge is 2.18. The maximum absolute atomic E-state index is 5.66. The molecule has 0 spiro atoms. The van der Waals surface area contributed by atoms with Gasteiger partial charge in [-0.05, 0) is 30.4 Å². The molecule has 1 aromatic rings. The van der Waals surface area contributed by atoms with Crippen LogP contribution in [-0.4, -0.2) is 6.04 Å². The van der Waals surface area contributed by atoms with Gasteiger partial charge in [0, 0.05) is 10.9 Å². The fraction of sp³-hybridized carbons (Fsp3) is 0.333. The van der Waals surface area contributed by atoms with Gasteiger partial charge in [0.2, 0.25) is 0 Å². The standard InChI is InChI=1S/C9H11NS/c10-8-4-7(5-8)6-9-2-1-3-11-9/h1-3,6,8H,4-5,10H2. The van der Waals surface area contributed by atoms with Crippen LogP contribution in [0.3, 0.4) is 0 Å². The average molecular weight is 165 g/mol. The molecule has 1 fully saturated rings. The molecule has 0 aliphatic heterocycles. The van der Waals surface area contributed by atoms with Crippen molar-refractivity contribution in [2.24, 2.45) is 5.73 Å². The lowest BCUT2D eigenvalue weighted by atomic mass is 9.87. The molecule has 1 heterocycles. The van der Waals surface area contributed by atoms with E-state index in [9.17, 15) is 0 Å². The normalized spacial score (nSPS) is 23.0. The Labute approximate surface area is 70.5 Å². The minimum absolute atomic E-state index is 0.432. The predicted octanol–water partition coefficient (Wildman–Crippen LogP) is 2.25. The number of hydrogen-bond donors (Lipinski definition) is 1. The maximum atomic E-state index is 5.66. The van der Waals surface area contributed by atoms with Crippen molar-refractivity contribution in [3.05, 3.63) is 28.0 Å². The first kappa shape index (κ1) is 7.07. The van der Waals surface area contributed by atoms with Crippen molar-refractivity contribution in [2.75, 3.05) is 0 Å². The highest BCUT2D eigenvalue weighted by Crippen LogP contribution is 2.27. The Bertz CT molecular complexity index is 253. The molecular formula is C9H11NS. The van der Waals surface area contributed by atoms with Crippen LogP contribution in [0.2, 0.25) is 0 Å². The van der Waals surface area contributed by atoms with Crippen molar-refractivity contribution >= 4 is 17.4 Å². The summed E-state index contributed by atoms with van der Waals surface area (Å²) in [7, 11) is 0. The highest BCUT2D eigenvalue weighted by molar-refractivity contribution is 7.10. The fourth-order valence-corrected chi connectivity index (χ4v) is 2.01. The molecule has 0 radical (unpaired) electrons. The zero-order valence-corrected chi connectivity index (χ0v) is 7.10. The highest BCUT2D eigenvalue weighted by atomic mass is 32.1. The number of rotatable bonds is 1. The number of nitrogens with two attached hydrogens (primary N) is 1. The molecule has 1 aliphatic carbocycles. The van der Waals surface area contributed by atoms with Gasteiger partial charge in [0.25, 0.3) is 0 Å². The molecule has 0 aromatic carbocycles. The first-order valence-electron chi connectivity index (χ1n) is 3.83. The second kappa shape index (κ2) is 2.80. The third kappa shape index (κ3) is 1.52. The quantitative estimate of drug-likeness (QED) is 0.678. The molecule has 0 bridgehead atoms. The van der Waals surface area contributed by atoms with Crippen LogP contribution in [0.5, 0.6) is 0 Å². The maximum Gasteiger partial charge on any atom is 0.0269 e. The summed E-state index contributed by atoms with van der Waals surface area (Å²) in [5.74, 6) is 0. The second-order valence-electron chi connectivity index (χ2n) is 2.99. The molecule has 11 heavy (non-hydrogen) atoms. The van der Waals surface area contributed by atoms with Gasteiger partial charge < -0.3 is 5.73 Å². The van der Waals surface area contributed by atoms with Crippen LogP contribution < -0.4 is 5.73 Å². The molecule has 0 unspecified atom stereocenters. The van der Waals surface area contributed by atoms with Gasteiger partial charge in [-0.3, -0.25) is 0 Å². The lowest BCUT2D eigenvalue weighted by Crippen LogP contribution is -2.29. The molecule has 2 rings (SSSR count). The predicted molar refractivity (Wildman–Crippen MR) is 49.5 cm³/mol. The van der Waals surface area contributed by atoms with E-state index in [0.717, 1.165) is 12.8 Å². The molecule has 58 valence electrons. The van der Waals surface area contributed by atoms with Gasteiger partial charge in [0.1, 0.15) is 0 Å². The average Bonchev–Trinajstić information content (AvgIpc) is 2.36. The molecule has 1 nitrogen and oxygen atoms in total. The van der Waals surface area contributed by atoms with E-state index < -0.39 is 0 Å². The van der Waals surface area contributed by atoms with Crippen molar-refractivity contribution in [3.63, 3.8) is 0 Å². The SMILES string of the molecule is NC1CC(=Cc2cccs2)C1. The van der Waals surface area contributed by atoms with Gasteiger partial charge in [-0.1, -0.05) is 11.6 Å². The zero-order valence-electron chi connectivity index (χ0n) is 6.29. The Morgan fingerprint density at radius 1 is 1.55 bits per heavy atom. The Morgan fingerprint density at radius 2 is 2.36 bits per heavy atom. The van der Waals surface area contributed by atoms with Crippen LogP contribution in [0.25, 0.3) is 6.08 Å². The largest absolute Gasteiger partial charge is 0.327 e. The van der Waals surface area contributed by atoms with Crippen molar-refractivity contribution < 1.29 is 0 Å². The van der Waals surface area contributed by atoms with Gasteiger partial charge in [0.15, 0.2) is 0 Å². The summed E-state index contributed by atoms with van der Waals surface area (Å²) in [5.41, 5.74) is 7.16. The van der Waals surface area contributed by atoms with E-state index in [1.165, 1.54) is 10.5 Å². The Morgan fingerprint density at radius 3 is 2.91 bits per heavy atom. The first-order chi connectivity index (χ1) is 5.34. The summed E-state index contributed by atoms with van der Waals surface area (Å²) < 4.78 is 0. The second-order valence-corrected chi connectivity index (χ2v) is 3.97. The minimum atomic E-state index is 0.432. The van der Waals surface area contributed by atoms with E-state index in [1.54, 1.807) is 11.3 Å². The zero-order chi connectivity index (χ0) is 7.68. The molecule has 0 saturated heterocycles. The molecular weight excluding hydrogens is 154 g/mol. The van der Waals surface area contributed by atoms with Crippen LogP contribution in [0.15, 0.2) is 23.1 Å². The Balaban J connectivity index is 2.06. The van der Waals surface area contributed by atoms with E-state index >= 15 is 0 Å². The Kier molecular flexibility index (Phi) is 1.80. The van der Waals surface area contributed by atoms with Gasteiger partial charge in [-0.25, -0.2) is 0 Å². The summed E-state index contributed by atoms with van der Waals surface area (Å²) in [6.07, 6.45) is 4.45. The summed E-state index contributed by atoms with van der Waals surface area (Å²) in [5, 5.41) is 2.10. The van der Waals surface area contributed by atoms with Crippen LogP contribution in [0.1, 0.15) is 17.7 Å². The van der Waals surface area contributed by atoms with Crippen LogP contribution >= 0.6 is 11.3 Å². The van der Waals surface area contributed by atoms with E-state index in [1.807, 2.05) is 0 Å². The van der Waals surface area contributed by atoms with Gasteiger partial charge in [-0.15, -0.1) is 11.3 Å². The Hall–Kier alpha value is -0.600.